The Bertz CT molecular complexity index is 473. The number of nitrogens with two attached hydrogens (primary N) is 1. The minimum atomic E-state index is -0.495. The fraction of sp³-hybridized carbons (Fsp3) is 0.533. The van der Waals surface area contributed by atoms with Crippen molar-refractivity contribution in [3.63, 3.8) is 0 Å². The van der Waals surface area contributed by atoms with E-state index in [0.29, 0.717) is 0 Å². The van der Waals surface area contributed by atoms with Crippen LogP contribution in [0.25, 0.3) is 0 Å². The van der Waals surface area contributed by atoms with Gasteiger partial charge in [0, 0.05) is 11.2 Å². The van der Waals surface area contributed by atoms with Crippen LogP contribution in [0.15, 0.2) is 24.3 Å². The highest BCUT2D eigenvalue weighted by Crippen LogP contribution is 2.39. The van der Waals surface area contributed by atoms with Crippen LogP contribution in [0.3, 0.4) is 0 Å². The molecule has 4 nitrogen and oxygen atoms in total. The number of benzene rings is 1. The molecule has 0 heterocycles. The van der Waals surface area contributed by atoms with Gasteiger partial charge in [0.25, 0.3) is 0 Å². The molecule has 1 amide bonds. The van der Waals surface area contributed by atoms with E-state index in [1.807, 2.05) is 45.0 Å². The molecule has 0 spiro atoms. The fourth-order valence-electron chi connectivity index (χ4n) is 2.17. The van der Waals surface area contributed by atoms with Crippen molar-refractivity contribution in [2.75, 3.05) is 5.32 Å². The highest BCUT2D eigenvalue weighted by molar-refractivity contribution is 5.85. The lowest BCUT2D eigenvalue weighted by atomic mass is 9.73. The number of carbonyl (C=O) groups excluding carboxylic acids is 1. The summed E-state index contributed by atoms with van der Waals surface area (Å²) in [6, 6.07) is 7.70. The molecular formula is C15H22N2O2. The molecule has 0 bridgehead atoms. The molecule has 0 aromatic heterocycles. The SMILES string of the molecule is CC(C)(C)OC(=O)Nc1cccc(C2(N)CCC2)c1. The Morgan fingerprint density at radius 2 is 2.05 bits per heavy atom. The Kier molecular flexibility index (Phi) is 3.54. The van der Waals surface area contributed by atoms with E-state index in [4.69, 9.17) is 10.5 Å². The molecule has 19 heavy (non-hydrogen) atoms. The zero-order valence-corrected chi connectivity index (χ0v) is 11.8. The molecule has 1 fully saturated rings. The molecule has 1 aromatic rings. The monoisotopic (exact) mass is 262 g/mol. The Morgan fingerprint density at radius 1 is 1.37 bits per heavy atom. The number of nitrogens with one attached hydrogen (secondary N) is 1. The van der Waals surface area contributed by atoms with Crippen molar-refractivity contribution < 1.29 is 9.53 Å². The maximum atomic E-state index is 11.7. The summed E-state index contributed by atoms with van der Waals surface area (Å²) >= 11 is 0. The van der Waals surface area contributed by atoms with Crippen LogP contribution >= 0.6 is 0 Å². The zero-order chi connectivity index (χ0) is 14.1. The summed E-state index contributed by atoms with van der Waals surface area (Å²) in [5, 5.41) is 2.74. The minimum Gasteiger partial charge on any atom is -0.444 e. The topological polar surface area (TPSA) is 64.3 Å². The quantitative estimate of drug-likeness (QED) is 0.858. The first kappa shape index (κ1) is 13.9. The van der Waals surface area contributed by atoms with Crippen LogP contribution in [-0.4, -0.2) is 11.7 Å². The highest BCUT2D eigenvalue weighted by atomic mass is 16.6. The second-order valence-electron chi connectivity index (χ2n) is 6.22. The molecule has 1 saturated carbocycles. The van der Waals surface area contributed by atoms with Gasteiger partial charge in [0.15, 0.2) is 0 Å². The molecule has 0 unspecified atom stereocenters. The van der Waals surface area contributed by atoms with Crippen LogP contribution in [0.1, 0.15) is 45.6 Å². The van der Waals surface area contributed by atoms with Gasteiger partial charge >= 0.3 is 6.09 Å². The van der Waals surface area contributed by atoms with Gasteiger partial charge in [0.2, 0.25) is 0 Å². The third-order valence-electron chi connectivity index (χ3n) is 3.33. The summed E-state index contributed by atoms with van der Waals surface area (Å²) in [5.41, 5.74) is 7.37. The van der Waals surface area contributed by atoms with Crippen LogP contribution in [0.4, 0.5) is 10.5 Å². The molecule has 2 rings (SSSR count). The van der Waals surface area contributed by atoms with E-state index in [2.05, 4.69) is 5.32 Å². The van der Waals surface area contributed by atoms with E-state index in [-0.39, 0.29) is 5.54 Å². The van der Waals surface area contributed by atoms with Crippen LogP contribution in [0, 0.1) is 0 Å². The minimum absolute atomic E-state index is 0.217. The molecular weight excluding hydrogens is 240 g/mol. The van der Waals surface area contributed by atoms with Crippen LogP contribution in [-0.2, 0) is 10.3 Å². The van der Waals surface area contributed by atoms with Gasteiger partial charge in [-0.1, -0.05) is 12.1 Å². The molecule has 1 aliphatic carbocycles. The summed E-state index contributed by atoms with van der Waals surface area (Å²) in [6.07, 6.45) is 2.73. The van der Waals surface area contributed by atoms with Crippen molar-refractivity contribution in [1.29, 1.82) is 0 Å². The molecule has 104 valence electrons. The van der Waals surface area contributed by atoms with Crippen LogP contribution in [0.5, 0.6) is 0 Å². The molecule has 4 heteroatoms. The normalized spacial score (nSPS) is 17.5. The summed E-state index contributed by atoms with van der Waals surface area (Å²) in [7, 11) is 0. The number of anilines is 1. The lowest BCUT2D eigenvalue weighted by Crippen LogP contribution is -2.43. The van der Waals surface area contributed by atoms with Crippen molar-refractivity contribution in [1.82, 2.24) is 0 Å². The van der Waals surface area contributed by atoms with E-state index >= 15 is 0 Å². The molecule has 0 saturated heterocycles. The van der Waals surface area contributed by atoms with E-state index in [0.717, 1.165) is 24.1 Å². The van der Waals surface area contributed by atoms with Crippen molar-refractivity contribution in [3.8, 4) is 0 Å². The van der Waals surface area contributed by atoms with E-state index < -0.39 is 11.7 Å². The summed E-state index contributed by atoms with van der Waals surface area (Å²) < 4.78 is 5.23. The second kappa shape index (κ2) is 4.85. The lowest BCUT2D eigenvalue weighted by Gasteiger charge is -2.38. The maximum absolute atomic E-state index is 11.7. The molecule has 3 N–H and O–H groups in total. The third-order valence-corrected chi connectivity index (χ3v) is 3.33. The predicted molar refractivity (Wildman–Crippen MR) is 76.0 cm³/mol. The van der Waals surface area contributed by atoms with E-state index in [9.17, 15) is 4.79 Å². The Morgan fingerprint density at radius 3 is 2.58 bits per heavy atom. The number of ether oxygens (including phenoxy) is 1. The molecule has 0 radical (unpaired) electrons. The first-order chi connectivity index (χ1) is 8.78. The number of hydrogen-bond donors (Lipinski definition) is 2. The third kappa shape index (κ3) is 3.47. The highest BCUT2D eigenvalue weighted by Gasteiger charge is 2.34. The first-order valence-electron chi connectivity index (χ1n) is 6.68. The largest absolute Gasteiger partial charge is 0.444 e. The van der Waals surface area contributed by atoms with Gasteiger partial charge < -0.3 is 10.5 Å². The summed E-state index contributed by atoms with van der Waals surface area (Å²) in [6.45, 7) is 5.52. The van der Waals surface area contributed by atoms with Gasteiger partial charge in [0.1, 0.15) is 5.60 Å². The maximum Gasteiger partial charge on any atom is 0.412 e. The number of rotatable bonds is 2. The second-order valence-corrected chi connectivity index (χ2v) is 6.22. The van der Waals surface area contributed by atoms with Crippen LogP contribution in [0.2, 0.25) is 0 Å². The van der Waals surface area contributed by atoms with E-state index in [1.54, 1.807) is 0 Å². The number of carbonyl (C=O) groups is 1. The Hall–Kier alpha value is -1.55. The van der Waals surface area contributed by atoms with E-state index in [1.165, 1.54) is 6.42 Å². The van der Waals surface area contributed by atoms with Gasteiger partial charge in [-0.2, -0.15) is 0 Å². The van der Waals surface area contributed by atoms with Gasteiger partial charge in [-0.25, -0.2) is 4.79 Å². The number of amides is 1. The molecule has 1 aliphatic rings. The molecule has 0 atom stereocenters. The zero-order valence-electron chi connectivity index (χ0n) is 11.8. The van der Waals surface area contributed by atoms with Crippen LogP contribution < -0.4 is 11.1 Å². The van der Waals surface area contributed by atoms with Gasteiger partial charge in [-0.05, 0) is 57.7 Å². The summed E-state index contributed by atoms with van der Waals surface area (Å²) in [4.78, 5) is 11.7. The van der Waals surface area contributed by atoms with Crippen molar-refractivity contribution in [2.45, 2.75) is 51.2 Å². The smallest absolute Gasteiger partial charge is 0.412 e. The van der Waals surface area contributed by atoms with Gasteiger partial charge in [-0.15, -0.1) is 0 Å². The van der Waals surface area contributed by atoms with Gasteiger partial charge in [0.05, 0.1) is 0 Å². The first-order valence-corrected chi connectivity index (χ1v) is 6.68. The average molecular weight is 262 g/mol. The Balaban J connectivity index is 2.05. The van der Waals surface area contributed by atoms with Crippen molar-refractivity contribution in [2.24, 2.45) is 5.73 Å². The van der Waals surface area contributed by atoms with Crippen molar-refractivity contribution in [3.05, 3.63) is 29.8 Å². The standard InChI is InChI=1S/C15H22N2O2/c1-14(2,3)19-13(18)17-12-7-4-6-11(10-12)15(16)8-5-9-15/h4,6-7,10H,5,8-9,16H2,1-3H3,(H,17,18). The number of hydrogen-bond acceptors (Lipinski definition) is 3. The predicted octanol–water partition coefficient (Wildman–Crippen LogP) is 3.37. The van der Waals surface area contributed by atoms with Gasteiger partial charge in [-0.3, -0.25) is 5.32 Å². The molecule has 1 aromatic carbocycles. The summed E-state index contributed by atoms with van der Waals surface area (Å²) in [5.74, 6) is 0. The molecule has 0 aliphatic heterocycles. The van der Waals surface area contributed by atoms with Crippen molar-refractivity contribution >= 4 is 11.8 Å². The lowest BCUT2D eigenvalue weighted by molar-refractivity contribution is 0.0636. The fourth-order valence-corrected chi connectivity index (χ4v) is 2.17. The average Bonchev–Trinajstić information content (AvgIpc) is 2.23. The Labute approximate surface area is 114 Å².